The van der Waals surface area contributed by atoms with Crippen molar-refractivity contribution in [2.45, 2.75) is 26.8 Å². The first-order chi connectivity index (χ1) is 9.72. The number of rotatable bonds is 10. The predicted octanol–water partition coefficient (Wildman–Crippen LogP) is 3.26. The lowest BCUT2D eigenvalue weighted by molar-refractivity contribution is 0.194. The summed E-state index contributed by atoms with van der Waals surface area (Å²) in [5.41, 5.74) is 1.01. The lowest BCUT2D eigenvalue weighted by Crippen LogP contribution is -2.16. The second kappa shape index (κ2) is 9.86. The van der Waals surface area contributed by atoms with Crippen LogP contribution in [0.4, 0.5) is 0 Å². The van der Waals surface area contributed by atoms with Gasteiger partial charge in [-0.2, -0.15) is 0 Å². The van der Waals surface area contributed by atoms with Crippen molar-refractivity contribution in [1.29, 1.82) is 0 Å². The van der Waals surface area contributed by atoms with Crippen LogP contribution in [0.5, 0.6) is 11.5 Å². The molecular formula is C15H24ClNO3. The minimum Gasteiger partial charge on any atom is -0.490 e. The van der Waals surface area contributed by atoms with Crippen LogP contribution >= 0.6 is 11.6 Å². The zero-order chi connectivity index (χ0) is 14.8. The third-order valence-electron chi connectivity index (χ3n) is 2.73. The normalized spacial score (nSPS) is 10.6. The zero-order valence-corrected chi connectivity index (χ0v) is 13.3. The number of benzene rings is 1. The van der Waals surface area contributed by atoms with Gasteiger partial charge in [0.05, 0.1) is 13.2 Å². The summed E-state index contributed by atoms with van der Waals surface area (Å²) >= 11 is 6.28. The molecule has 0 radical (unpaired) electrons. The standard InChI is InChI=1S/C15H24ClNO3/c1-4-19-14-9-12(11-17-7-6-8-18-3)13(16)10-15(14)20-5-2/h9-10,17H,4-8,11H2,1-3H3. The molecule has 0 spiro atoms. The minimum absolute atomic E-state index is 0.588. The van der Waals surface area contributed by atoms with Crippen LogP contribution in [-0.2, 0) is 11.3 Å². The lowest BCUT2D eigenvalue weighted by Gasteiger charge is -2.14. The summed E-state index contributed by atoms with van der Waals surface area (Å²) in [6.07, 6.45) is 0.976. The number of hydrogen-bond donors (Lipinski definition) is 1. The molecule has 0 saturated carbocycles. The minimum atomic E-state index is 0.588. The Bertz CT molecular complexity index is 399. The monoisotopic (exact) mass is 301 g/mol. The summed E-state index contributed by atoms with van der Waals surface area (Å²) in [5, 5.41) is 4.03. The molecule has 0 unspecified atom stereocenters. The van der Waals surface area contributed by atoms with E-state index in [1.807, 2.05) is 26.0 Å². The van der Waals surface area contributed by atoms with Gasteiger partial charge < -0.3 is 19.5 Å². The zero-order valence-electron chi connectivity index (χ0n) is 12.5. The van der Waals surface area contributed by atoms with Crippen LogP contribution in [0.15, 0.2) is 12.1 Å². The average Bonchev–Trinajstić information content (AvgIpc) is 2.43. The van der Waals surface area contributed by atoms with Gasteiger partial charge in [0, 0.05) is 31.4 Å². The molecule has 0 aliphatic carbocycles. The molecule has 0 aromatic heterocycles. The average molecular weight is 302 g/mol. The van der Waals surface area contributed by atoms with Crippen LogP contribution in [0.3, 0.4) is 0 Å². The fraction of sp³-hybridized carbons (Fsp3) is 0.600. The second-order valence-electron chi connectivity index (χ2n) is 4.28. The molecule has 0 atom stereocenters. The van der Waals surface area contributed by atoms with Crippen LogP contribution in [-0.4, -0.2) is 33.5 Å². The smallest absolute Gasteiger partial charge is 0.162 e. The Kier molecular flexibility index (Phi) is 8.42. The van der Waals surface area contributed by atoms with Crippen LogP contribution in [0.25, 0.3) is 0 Å². The van der Waals surface area contributed by atoms with Crippen molar-refractivity contribution < 1.29 is 14.2 Å². The van der Waals surface area contributed by atoms with E-state index in [-0.39, 0.29) is 0 Å². The molecule has 0 aliphatic heterocycles. The molecule has 0 saturated heterocycles. The van der Waals surface area contributed by atoms with E-state index < -0.39 is 0 Å². The topological polar surface area (TPSA) is 39.7 Å². The Morgan fingerprint density at radius 2 is 1.75 bits per heavy atom. The van der Waals surface area contributed by atoms with E-state index in [1.54, 1.807) is 7.11 Å². The van der Waals surface area contributed by atoms with Crippen molar-refractivity contribution in [3.05, 3.63) is 22.7 Å². The number of ether oxygens (including phenoxy) is 3. The van der Waals surface area contributed by atoms with Crippen LogP contribution < -0.4 is 14.8 Å². The van der Waals surface area contributed by atoms with Crippen molar-refractivity contribution >= 4 is 11.6 Å². The fourth-order valence-electron chi connectivity index (χ4n) is 1.81. The SMILES string of the molecule is CCOc1cc(Cl)c(CNCCCOC)cc1OCC. The molecule has 1 rings (SSSR count). The van der Waals surface area contributed by atoms with Gasteiger partial charge in [0.25, 0.3) is 0 Å². The third kappa shape index (κ3) is 5.57. The molecule has 0 fully saturated rings. The van der Waals surface area contributed by atoms with Gasteiger partial charge in [-0.25, -0.2) is 0 Å². The van der Waals surface area contributed by atoms with Crippen molar-refractivity contribution in [2.24, 2.45) is 0 Å². The van der Waals surface area contributed by atoms with E-state index in [1.165, 1.54) is 0 Å². The molecule has 0 aliphatic rings. The summed E-state index contributed by atoms with van der Waals surface area (Å²) in [6, 6.07) is 3.77. The van der Waals surface area contributed by atoms with Crippen molar-refractivity contribution in [2.75, 3.05) is 33.5 Å². The summed E-state index contributed by atoms with van der Waals surface area (Å²) in [7, 11) is 1.71. The summed E-state index contributed by atoms with van der Waals surface area (Å²) in [5.74, 6) is 1.44. The Hall–Kier alpha value is -0.970. The summed E-state index contributed by atoms with van der Waals surface area (Å²) < 4.78 is 16.1. The molecule has 0 heterocycles. The molecule has 1 aromatic carbocycles. The molecule has 4 nitrogen and oxygen atoms in total. The highest BCUT2D eigenvalue weighted by atomic mass is 35.5. The van der Waals surface area contributed by atoms with Crippen molar-refractivity contribution in [1.82, 2.24) is 5.32 Å². The highest BCUT2D eigenvalue weighted by molar-refractivity contribution is 6.31. The van der Waals surface area contributed by atoms with Gasteiger partial charge in [-0.1, -0.05) is 11.6 Å². The first kappa shape index (κ1) is 17.1. The predicted molar refractivity (Wildman–Crippen MR) is 82.0 cm³/mol. The van der Waals surface area contributed by atoms with Crippen LogP contribution in [0, 0.1) is 0 Å². The largest absolute Gasteiger partial charge is 0.490 e. The van der Waals surface area contributed by atoms with Gasteiger partial charge in [-0.15, -0.1) is 0 Å². The Balaban J connectivity index is 2.67. The number of halogens is 1. The highest BCUT2D eigenvalue weighted by Gasteiger charge is 2.10. The van der Waals surface area contributed by atoms with Gasteiger partial charge >= 0.3 is 0 Å². The number of methoxy groups -OCH3 is 1. The summed E-state index contributed by atoms with van der Waals surface area (Å²) in [4.78, 5) is 0. The van der Waals surface area contributed by atoms with Gasteiger partial charge in [0.1, 0.15) is 0 Å². The van der Waals surface area contributed by atoms with E-state index in [2.05, 4.69) is 5.32 Å². The molecule has 20 heavy (non-hydrogen) atoms. The highest BCUT2D eigenvalue weighted by Crippen LogP contribution is 2.33. The van der Waals surface area contributed by atoms with Crippen LogP contribution in [0.2, 0.25) is 5.02 Å². The molecule has 114 valence electrons. The molecule has 0 amide bonds. The quantitative estimate of drug-likeness (QED) is 0.673. The van der Waals surface area contributed by atoms with Crippen molar-refractivity contribution in [3.8, 4) is 11.5 Å². The Labute approximate surface area is 126 Å². The maximum Gasteiger partial charge on any atom is 0.162 e. The van der Waals surface area contributed by atoms with Gasteiger partial charge in [0.2, 0.25) is 0 Å². The second-order valence-corrected chi connectivity index (χ2v) is 4.69. The van der Waals surface area contributed by atoms with E-state index in [9.17, 15) is 0 Å². The van der Waals surface area contributed by atoms with E-state index >= 15 is 0 Å². The number of hydrogen-bond acceptors (Lipinski definition) is 4. The molecule has 1 aromatic rings. The lowest BCUT2D eigenvalue weighted by atomic mass is 10.2. The maximum absolute atomic E-state index is 6.28. The van der Waals surface area contributed by atoms with E-state index in [0.29, 0.717) is 30.5 Å². The Morgan fingerprint density at radius 3 is 2.35 bits per heavy atom. The van der Waals surface area contributed by atoms with Crippen molar-refractivity contribution in [3.63, 3.8) is 0 Å². The van der Waals surface area contributed by atoms with E-state index in [4.69, 9.17) is 25.8 Å². The maximum atomic E-state index is 6.28. The van der Waals surface area contributed by atoms with Gasteiger partial charge in [-0.05, 0) is 38.4 Å². The first-order valence-corrected chi connectivity index (χ1v) is 7.38. The van der Waals surface area contributed by atoms with Gasteiger partial charge in [0.15, 0.2) is 11.5 Å². The number of nitrogens with one attached hydrogen (secondary N) is 1. The van der Waals surface area contributed by atoms with Crippen LogP contribution in [0.1, 0.15) is 25.8 Å². The molecule has 0 bridgehead atoms. The molecule has 1 N–H and O–H groups in total. The summed E-state index contributed by atoms with van der Waals surface area (Å²) in [6.45, 7) is 7.43. The van der Waals surface area contributed by atoms with E-state index in [0.717, 1.165) is 30.9 Å². The van der Waals surface area contributed by atoms with Gasteiger partial charge in [-0.3, -0.25) is 0 Å². The first-order valence-electron chi connectivity index (χ1n) is 7.00. The third-order valence-corrected chi connectivity index (χ3v) is 3.08. The molecular weight excluding hydrogens is 278 g/mol. The Morgan fingerprint density at radius 1 is 1.10 bits per heavy atom. The molecule has 5 heteroatoms. The fourth-order valence-corrected chi connectivity index (χ4v) is 2.03.